The number of aryl methyl sites for hydroxylation is 1. The minimum atomic E-state index is -0.811. The van der Waals surface area contributed by atoms with Crippen molar-refractivity contribution in [3.8, 4) is 22.8 Å². The molecule has 192 valence electrons. The Labute approximate surface area is 210 Å². The van der Waals surface area contributed by atoms with Crippen LogP contribution in [0.2, 0.25) is 0 Å². The van der Waals surface area contributed by atoms with Gasteiger partial charge in [0.25, 0.3) is 5.56 Å². The third-order valence-corrected chi connectivity index (χ3v) is 6.43. The molecule has 1 N–H and O–H groups in total. The molecule has 0 radical (unpaired) electrons. The molecule has 0 saturated carbocycles. The highest BCUT2D eigenvalue weighted by molar-refractivity contribution is 5.91. The van der Waals surface area contributed by atoms with Gasteiger partial charge in [-0.2, -0.15) is 0 Å². The van der Waals surface area contributed by atoms with Crippen molar-refractivity contribution in [1.29, 1.82) is 0 Å². The summed E-state index contributed by atoms with van der Waals surface area (Å²) in [6.45, 7) is 5.64. The molecule has 0 saturated heterocycles. The molecule has 1 atom stereocenters. The van der Waals surface area contributed by atoms with Gasteiger partial charge in [-0.15, -0.1) is 10.2 Å². The minimum Gasteiger partial charge on any atom is -0.493 e. The number of nitrogens with zero attached hydrogens (tertiary/aromatic N) is 5. The van der Waals surface area contributed by atoms with E-state index in [2.05, 4.69) is 15.3 Å². The molecule has 1 aromatic carbocycles. The highest BCUT2D eigenvalue weighted by Crippen LogP contribution is 2.43. The number of ether oxygens (including phenoxy) is 3. The Balaban J connectivity index is 1.61. The first-order valence-corrected chi connectivity index (χ1v) is 11.8. The molecule has 0 fully saturated rings. The van der Waals surface area contributed by atoms with E-state index in [-0.39, 0.29) is 30.4 Å². The van der Waals surface area contributed by atoms with E-state index >= 15 is 4.39 Å². The van der Waals surface area contributed by atoms with Crippen molar-refractivity contribution >= 4 is 17.6 Å². The summed E-state index contributed by atoms with van der Waals surface area (Å²) in [5.41, 5.74) is 1.42. The molecule has 6 rings (SSSR count). The summed E-state index contributed by atoms with van der Waals surface area (Å²) in [6, 6.07) is 6.09. The standard InChI is InChI=1S/C25H25FN6O5/c1-25(2,3)37-24(34)31-9-15-16(26)5-6-18-21(15)13(10-35-18)11-36-19-7-14(17-8-20(33)29-30(17)4)22-28-27-12-32(22)23(19)31/h5-8,12-13H,9-11H2,1-4H3,(H,29,33)/t13-/m1/s1. The number of rotatable bonds is 1. The van der Waals surface area contributed by atoms with E-state index < -0.39 is 17.5 Å². The second-order valence-electron chi connectivity index (χ2n) is 10.2. The van der Waals surface area contributed by atoms with Gasteiger partial charge in [-0.05, 0) is 39.0 Å². The Morgan fingerprint density at radius 3 is 2.65 bits per heavy atom. The summed E-state index contributed by atoms with van der Waals surface area (Å²) in [6.07, 6.45) is 0.754. The van der Waals surface area contributed by atoms with E-state index in [1.165, 1.54) is 23.4 Å². The third kappa shape index (κ3) is 3.79. The molecule has 12 heteroatoms. The summed E-state index contributed by atoms with van der Waals surface area (Å²) < 4.78 is 36.3. The number of anilines is 1. The van der Waals surface area contributed by atoms with Crippen LogP contribution in [0.4, 0.5) is 15.0 Å². The van der Waals surface area contributed by atoms with Crippen LogP contribution in [0.3, 0.4) is 0 Å². The molecule has 37 heavy (non-hydrogen) atoms. The highest BCUT2D eigenvalue weighted by Gasteiger charge is 2.37. The van der Waals surface area contributed by atoms with E-state index in [9.17, 15) is 9.59 Å². The highest BCUT2D eigenvalue weighted by atomic mass is 19.1. The van der Waals surface area contributed by atoms with Crippen LogP contribution in [0.1, 0.15) is 37.8 Å². The zero-order valence-electron chi connectivity index (χ0n) is 20.7. The Kier molecular flexibility index (Phi) is 5.04. The monoisotopic (exact) mass is 508 g/mol. The van der Waals surface area contributed by atoms with Gasteiger partial charge in [0.1, 0.15) is 23.5 Å². The molecular formula is C25H25FN6O5. The number of hydrogen-bond acceptors (Lipinski definition) is 7. The lowest BCUT2D eigenvalue weighted by molar-refractivity contribution is 0.0574. The van der Waals surface area contributed by atoms with Crippen LogP contribution in [0.25, 0.3) is 16.9 Å². The van der Waals surface area contributed by atoms with Gasteiger partial charge >= 0.3 is 6.09 Å². The molecule has 1 amide bonds. The van der Waals surface area contributed by atoms with Gasteiger partial charge in [-0.3, -0.25) is 23.9 Å². The smallest absolute Gasteiger partial charge is 0.416 e. The average molecular weight is 509 g/mol. The minimum absolute atomic E-state index is 0.130. The van der Waals surface area contributed by atoms with E-state index in [0.717, 1.165) is 0 Å². The van der Waals surface area contributed by atoms with Gasteiger partial charge < -0.3 is 14.2 Å². The summed E-state index contributed by atoms with van der Waals surface area (Å²) in [5, 5.41) is 11.0. The number of pyridine rings is 1. The number of amides is 1. The summed E-state index contributed by atoms with van der Waals surface area (Å²) in [5.74, 6) is 0.478. The van der Waals surface area contributed by atoms with Crippen molar-refractivity contribution in [3.05, 3.63) is 57.9 Å². The van der Waals surface area contributed by atoms with Crippen LogP contribution in [0.5, 0.6) is 11.5 Å². The molecule has 3 aromatic heterocycles. The van der Waals surface area contributed by atoms with Crippen molar-refractivity contribution in [1.82, 2.24) is 24.4 Å². The summed E-state index contributed by atoms with van der Waals surface area (Å²) in [4.78, 5) is 27.0. The number of carbonyl (C=O) groups excluding carboxylic acids is 1. The predicted octanol–water partition coefficient (Wildman–Crippen LogP) is 3.37. The Morgan fingerprint density at radius 2 is 1.95 bits per heavy atom. The lowest BCUT2D eigenvalue weighted by Gasteiger charge is -2.29. The Morgan fingerprint density at radius 1 is 1.19 bits per heavy atom. The van der Waals surface area contributed by atoms with Crippen molar-refractivity contribution in [2.24, 2.45) is 7.05 Å². The maximum absolute atomic E-state index is 15.3. The zero-order chi connectivity index (χ0) is 26.1. The number of fused-ring (bicyclic) bond motifs is 3. The second-order valence-corrected chi connectivity index (χ2v) is 10.2. The first-order valence-electron chi connectivity index (χ1n) is 11.8. The molecule has 0 unspecified atom stereocenters. The molecule has 5 heterocycles. The number of carbonyl (C=O) groups is 1. The van der Waals surface area contributed by atoms with E-state index in [0.29, 0.717) is 46.1 Å². The normalized spacial score (nSPS) is 16.8. The fourth-order valence-electron chi connectivity index (χ4n) is 4.89. The lowest BCUT2D eigenvalue weighted by Crippen LogP contribution is -2.38. The Bertz CT molecular complexity index is 1610. The van der Waals surface area contributed by atoms with Gasteiger partial charge in [-0.1, -0.05) is 0 Å². The second kappa shape index (κ2) is 8.08. The largest absolute Gasteiger partial charge is 0.493 e. The summed E-state index contributed by atoms with van der Waals surface area (Å²) in [7, 11) is 1.70. The molecule has 2 aliphatic heterocycles. The van der Waals surface area contributed by atoms with E-state index in [1.54, 1.807) is 49.0 Å². The van der Waals surface area contributed by atoms with E-state index in [4.69, 9.17) is 14.2 Å². The number of aromatic amines is 1. The topological polar surface area (TPSA) is 116 Å². The van der Waals surface area contributed by atoms with Crippen LogP contribution in [0.15, 0.2) is 35.4 Å². The molecule has 0 spiro atoms. The van der Waals surface area contributed by atoms with Crippen molar-refractivity contribution in [2.45, 2.75) is 38.8 Å². The fourth-order valence-corrected chi connectivity index (χ4v) is 4.89. The van der Waals surface area contributed by atoms with Crippen LogP contribution in [-0.2, 0) is 18.3 Å². The molecule has 2 aliphatic rings. The van der Waals surface area contributed by atoms with Gasteiger partial charge in [0.05, 0.1) is 31.4 Å². The predicted molar refractivity (Wildman–Crippen MR) is 131 cm³/mol. The van der Waals surface area contributed by atoms with Crippen LogP contribution in [-0.4, -0.2) is 49.3 Å². The van der Waals surface area contributed by atoms with Crippen LogP contribution in [0, 0.1) is 5.82 Å². The lowest BCUT2D eigenvalue weighted by atomic mass is 9.95. The quantitative estimate of drug-likeness (QED) is 0.419. The van der Waals surface area contributed by atoms with Gasteiger partial charge in [0.15, 0.2) is 17.2 Å². The first kappa shape index (κ1) is 23.1. The van der Waals surface area contributed by atoms with Crippen molar-refractivity contribution < 1.29 is 23.4 Å². The first-order chi connectivity index (χ1) is 17.6. The third-order valence-electron chi connectivity index (χ3n) is 6.43. The molecular weight excluding hydrogens is 483 g/mol. The summed E-state index contributed by atoms with van der Waals surface area (Å²) >= 11 is 0. The fraction of sp³-hybridized carbons (Fsp3) is 0.360. The Hall–Kier alpha value is -4.35. The van der Waals surface area contributed by atoms with Crippen LogP contribution >= 0.6 is 0 Å². The number of aromatic nitrogens is 5. The number of nitrogens with one attached hydrogen (secondary N) is 1. The zero-order valence-corrected chi connectivity index (χ0v) is 20.7. The van der Waals surface area contributed by atoms with Gasteiger partial charge in [0.2, 0.25) is 0 Å². The SMILES string of the molecule is Cn1[nH]c(=O)cc1-c1cc2c(n3cnnc13)N(C(=O)OC(C)(C)C)Cc1c(F)ccc3c1[C@H](CO3)CO2. The van der Waals surface area contributed by atoms with Crippen molar-refractivity contribution in [2.75, 3.05) is 18.1 Å². The molecule has 11 nitrogen and oxygen atoms in total. The molecule has 4 aromatic rings. The average Bonchev–Trinajstić information content (AvgIpc) is 3.54. The maximum Gasteiger partial charge on any atom is 0.416 e. The number of halogens is 1. The van der Waals surface area contributed by atoms with Gasteiger partial charge in [0, 0.05) is 29.8 Å². The van der Waals surface area contributed by atoms with Crippen molar-refractivity contribution in [3.63, 3.8) is 0 Å². The van der Waals surface area contributed by atoms with Crippen LogP contribution < -0.4 is 19.9 Å². The van der Waals surface area contributed by atoms with Gasteiger partial charge in [-0.25, -0.2) is 9.18 Å². The number of H-pyrrole nitrogens is 1. The molecule has 0 bridgehead atoms. The number of hydrogen-bond donors (Lipinski definition) is 1. The number of benzene rings is 1. The van der Waals surface area contributed by atoms with E-state index in [1.807, 2.05) is 0 Å². The molecule has 0 aliphatic carbocycles. The maximum atomic E-state index is 15.3.